The Hall–Kier alpha value is -6.07. The summed E-state index contributed by atoms with van der Waals surface area (Å²) < 4.78 is 2.61. The number of benzene rings is 7. The van der Waals surface area contributed by atoms with Crippen molar-refractivity contribution >= 4 is 44.9 Å². The molecule has 3 nitrogen and oxygen atoms in total. The number of hydrogen-bond donors (Lipinski definition) is 1. The highest BCUT2D eigenvalue weighted by Crippen LogP contribution is 2.36. The Balaban J connectivity index is 0.00000145. The first-order valence-electron chi connectivity index (χ1n) is 28.8. The molecule has 1 aliphatic rings. The van der Waals surface area contributed by atoms with Gasteiger partial charge in [-0.25, -0.2) is 4.31 Å². The molecule has 0 aliphatic heterocycles. The minimum absolute atomic E-state index is 0.371. The lowest BCUT2D eigenvalue weighted by Gasteiger charge is -2.32. The highest BCUT2D eigenvalue weighted by molar-refractivity contribution is 7.97. The van der Waals surface area contributed by atoms with Crippen molar-refractivity contribution in [1.29, 1.82) is 0 Å². The van der Waals surface area contributed by atoms with E-state index in [9.17, 15) is 0 Å². The van der Waals surface area contributed by atoms with Crippen LogP contribution in [0.1, 0.15) is 169 Å². The summed E-state index contributed by atoms with van der Waals surface area (Å²) in [6, 6.07) is 54.7. The zero-order valence-corrected chi connectivity index (χ0v) is 49.3. The molecular formula is C72H93N3S. The monoisotopic (exact) mass is 1030 g/mol. The van der Waals surface area contributed by atoms with Gasteiger partial charge in [-0.05, 0) is 187 Å². The Labute approximate surface area is 466 Å². The molecule has 1 aliphatic carbocycles. The molecule has 1 unspecified atom stereocenters. The van der Waals surface area contributed by atoms with Gasteiger partial charge < -0.3 is 10.2 Å². The van der Waals surface area contributed by atoms with Gasteiger partial charge >= 0.3 is 0 Å². The molecule has 8 rings (SSSR count). The van der Waals surface area contributed by atoms with Gasteiger partial charge in [-0.15, -0.1) is 6.58 Å². The summed E-state index contributed by atoms with van der Waals surface area (Å²) in [5, 5.41) is 9.05. The first-order valence-corrected chi connectivity index (χ1v) is 29.6. The van der Waals surface area contributed by atoms with Crippen LogP contribution in [0.4, 0.5) is 0 Å². The van der Waals surface area contributed by atoms with Crippen LogP contribution in [-0.2, 0) is 12.8 Å². The van der Waals surface area contributed by atoms with Crippen molar-refractivity contribution in [3.05, 3.63) is 234 Å². The summed E-state index contributed by atoms with van der Waals surface area (Å²) in [4.78, 5) is 3.73. The second-order valence-corrected chi connectivity index (χ2v) is 21.4. The van der Waals surface area contributed by atoms with Gasteiger partial charge in [0.1, 0.15) is 0 Å². The molecule has 0 spiro atoms. The topological polar surface area (TPSA) is 18.5 Å². The molecule has 1 atom stereocenters. The number of allylic oxidation sites excluding steroid dienone is 2. The van der Waals surface area contributed by atoms with Gasteiger partial charge in [-0.1, -0.05) is 207 Å². The summed E-state index contributed by atoms with van der Waals surface area (Å²) in [5.41, 5.74) is 15.3. The molecule has 1 N–H and O–H groups in total. The van der Waals surface area contributed by atoms with Crippen molar-refractivity contribution in [2.75, 3.05) is 19.6 Å². The fourth-order valence-corrected chi connectivity index (χ4v) is 11.5. The lowest BCUT2D eigenvalue weighted by Crippen LogP contribution is -2.33. The smallest absolute Gasteiger partial charge is 0.0409 e. The van der Waals surface area contributed by atoms with Gasteiger partial charge in [0.05, 0.1) is 0 Å². The number of hydrogen-bond acceptors (Lipinski definition) is 4. The molecule has 76 heavy (non-hydrogen) atoms. The fourth-order valence-electron chi connectivity index (χ4n) is 10.3. The van der Waals surface area contributed by atoms with Gasteiger partial charge in [-0.2, -0.15) is 0 Å². The zero-order valence-electron chi connectivity index (χ0n) is 48.5. The van der Waals surface area contributed by atoms with E-state index in [0.717, 1.165) is 87.2 Å². The predicted molar refractivity (Wildman–Crippen MR) is 339 cm³/mol. The van der Waals surface area contributed by atoms with E-state index in [1.54, 1.807) is 6.08 Å². The fraction of sp³-hybridized carbons (Fsp3) is 0.361. The van der Waals surface area contributed by atoms with Crippen molar-refractivity contribution in [3.8, 4) is 0 Å². The van der Waals surface area contributed by atoms with E-state index in [-0.39, 0.29) is 0 Å². The average molecular weight is 1030 g/mol. The van der Waals surface area contributed by atoms with E-state index in [0.29, 0.717) is 17.9 Å². The van der Waals surface area contributed by atoms with Crippen molar-refractivity contribution < 1.29 is 0 Å². The van der Waals surface area contributed by atoms with Gasteiger partial charge in [0, 0.05) is 53.6 Å². The summed E-state index contributed by atoms with van der Waals surface area (Å²) in [7, 11) is 0. The average Bonchev–Trinajstić information content (AvgIpc) is 3.44. The molecule has 0 saturated heterocycles. The normalized spacial score (nSPS) is 12.3. The van der Waals surface area contributed by atoms with Gasteiger partial charge in [0.15, 0.2) is 0 Å². The third-order valence-corrected chi connectivity index (χ3v) is 15.8. The van der Waals surface area contributed by atoms with Crippen molar-refractivity contribution in [1.82, 2.24) is 14.5 Å². The maximum atomic E-state index is 4.77. The summed E-state index contributed by atoms with van der Waals surface area (Å²) in [6.07, 6.45) is 12.8. The molecule has 0 heterocycles. The summed E-state index contributed by atoms with van der Waals surface area (Å²) in [5.74, 6) is 0.795. The lowest BCUT2D eigenvalue weighted by atomic mass is 9.85. The van der Waals surface area contributed by atoms with E-state index in [1.807, 2.05) is 46.6 Å². The second-order valence-electron chi connectivity index (χ2n) is 20.3. The number of nitrogens with zero attached hydrogens (tertiary/aromatic N) is 2. The molecule has 4 heteroatoms. The number of rotatable bonds is 24. The third-order valence-electron chi connectivity index (χ3n) is 14.6. The van der Waals surface area contributed by atoms with Crippen LogP contribution < -0.4 is 5.32 Å². The van der Waals surface area contributed by atoms with E-state index in [1.165, 1.54) is 90.2 Å². The molecule has 402 valence electrons. The maximum absolute atomic E-state index is 4.77. The number of nitrogens with one attached hydrogen (secondary N) is 1. The van der Waals surface area contributed by atoms with Gasteiger partial charge in [0.25, 0.3) is 0 Å². The van der Waals surface area contributed by atoms with Crippen LogP contribution in [0.2, 0.25) is 0 Å². The first kappa shape index (κ1) is 60.8. The highest BCUT2D eigenvalue weighted by Gasteiger charge is 2.22. The summed E-state index contributed by atoms with van der Waals surface area (Å²) in [6.45, 7) is 41.2. The molecule has 1 fully saturated rings. The quantitative estimate of drug-likeness (QED) is 0.0281. The van der Waals surface area contributed by atoms with Crippen LogP contribution in [0.5, 0.6) is 0 Å². The van der Waals surface area contributed by atoms with Crippen molar-refractivity contribution in [2.24, 2.45) is 0 Å². The molecule has 0 radical (unpaired) electrons. The minimum Gasteiger partial charge on any atom is -0.382 e. The predicted octanol–water partition coefficient (Wildman–Crippen LogP) is 20.5. The SMILES string of the molecule is C=C(NC1CCC1)c1ccc(SN(CCCc2c3ccccc3cc3ccccc23)CCN(C(=C)CCCCc2ccc(C(CC)c3ccc(C)cc3C)cc2)C(=C)c2ccccc2)c(C(C)C)c1.C=CC.CC.CC. The van der Waals surface area contributed by atoms with Crippen molar-refractivity contribution in [2.45, 2.75) is 156 Å². The van der Waals surface area contributed by atoms with Crippen LogP contribution in [0.15, 0.2) is 189 Å². The van der Waals surface area contributed by atoms with Gasteiger partial charge in [0.2, 0.25) is 0 Å². The lowest BCUT2D eigenvalue weighted by molar-refractivity contribution is 0.378. The molecule has 7 aromatic rings. The van der Waals surface area contributed by atoms with Gasteiger partial charge in [-0.3, -0.25) is 0 Å². The molecule has 0 amide bonds. The molecular weight excluding hydrogens is 939 g/mol. The Kier molecular flexibility index (Phi) is 25.5. The Morgan fingerprint density at radius 2 is 1.30 bits per heavy atom. The van der Waals surface area contributed by atoms with Crippen molar-refractivity contribution in [3.63, 3.8) is 0 Å². The van der Waals surface area contributed by atoms with E-state index >= 15 is 0 Å². The molecule has 7 aromatic carbocycles. The molecule has 0 aromatic heterocycles. The number of unbranched alkanes of at least 4 members (excludes halogenated alkanes) is 1. The highest BCUT2D eigenvalue weighted by atomic mass is 32.2. The van der Waals surface area contributed by atoms with E-state index < -0.39 is 0 Å². The zero-order chi connectivity index (χ0) is 55.0. The first-order chi connectivity index (χ1) is 37.0. The third kappa shape index (κ3) is 17.0. The van der Waals surface area contributed by atoms with Crippen LogP contribution in [0.25, 0.3) is 32.9 Å². The number of fused-ring (bicyclic) bond motifs is 2. The van der Waals surface area contributed by atoms with Crippen LogP contribution in [-0.4, -0.2) is 34.9 Å². The maximum Gasteiger partial charge on any atom is 0.0409 e. The van der Waals surface area contributed by atoms with Crippen LogP contribution in [0, 0.1) is 13.8 Å². The second kappa shape index (κ2) is 31.9. The molecule has 1 saturated carbocycles. The number of aryl methyl sites for hydroxylation is 4. The Morgan fingerprint density at radius 3 is 1.89 bits per heavy atom. The summed E-state index contributed by atoms with van der Waals surface area (Å²) >= 11 is 1.92. The van der Waals surface area contributed by atoms with Crippen LogP contribution >= 0.6 is 11.9 Å². The van der Waals surface area contributed by atoms with Crippen LogP contribution in [0.3, 0.4) is 0 Å². The van der Waals surface area contributed by atoms with E-state index in [4.69, 9.17) is 13.2 Å². The Morgan fingerprint density at radius 1 is 0.671 bits per heavy atom. The largest absolute Gasteiger partial charge is 0.382 e. The Bertz CT molecular complexity index is 2850. The molecule has 0 bridgehead atoms. The van der Waals surface area contributed by atoms with E-state index in [2.05, 4.69) is 208 Å². The minimum atomic E-state index is 0.371. The standard InChI is InChI=1S/C65H75N3S.C3H6.2C2H6/c1-9-59(60-38-32-47(4)43-48(60)5)54-35-33-52(34-36-54)22-14-13-21-49(6)68(51(8)53-23-11-10-12-24-53)42-41-67(69-65-39-37-55(45-64(65)46(2)3)50(7)66-58-27-19-28-58)40-20-31-63-61-29-17-15-25-56(61)44-57-26-16-18-30-62(57)63;1-3-2;2*1-2/h10-12,15-18,23-26,29-30,32-39,43-46,58-59,66H,6-9,13-14,19-22,27-28,31,40-42H2,1-5H3;3H,1H2,2H3;2*1-2H3.